The monoisotopic (exact) mass is 197 g/mol. The van der Waals surface area contributed by atoms with Crippen LogP contribution in [0.4, 0.5) is 0 Å². The number of ether oxygens (including phenoxy) is 1. The van der Waals surface area contributed by atoms with E-state index >= 15 is 0 Å². The number of nitrogens with one attached hydrogen (secondary N) is 1. The van der Waals surface area contributed by atoms with Crippen molar-refractivity contribution in [2.75, 3.05) is 13.1 Å². The lowest BCUT2D eigenvalue weighted by Crippen LogP contribution is -2.31. The smallest absolute Gasteiger partial charge is 0.0708 e. The highest BCUT2D eigenvalue weighted by Gasteiger charge is 2.41. The summed E-state index contributed by atoms with van der Waals surface area (Å²) in [6.07, 6.45) is 9.71. The average Bonchev–Trinajstić information content (AvgIpc) is 2.79. The Balaban J connectivity index is 1.71. The molecule has 0 radical (unpaired) electrons. The second-order valence-corrected chi connectivity index (χ2v) is 4.87. The van der Waals surface area contributed by atoms with Gasteiger partial charge in [-0.15, -0.1) is 0 Å². The summed E-state index contributed by atoms with van der Waals surface area (Å²) in [6, 6.07) is 0. The zero-order chi connectivity index (χ0) is 9.86. The van der Waals surface area contributed by atoms with E-state index in [-0.39, 0.29) is 0 Å². The highest BCUT2D eigenvalue weighted by atomic mass is 16.5. The second-order valence-electron chi connectivity index (χ2n) is 4.87. The van der Waals surface area contributed by atoms with E-state index in [1.165, 1.54) is 44.9 Å². The molecular weight excluding hydrogens is 174 g/mol. The first kappa shape index (κ1) is 10.4. The Labute approximate surface area is 87.4 Å². The van der Waals surface area contributed by atoms with Crippen LogP contribution in [-0.4, -0.2) is 24.8 Å². The van der Waals surface area contributed by atoms with Crippen molar-refractivity contribution in [3.05, 3.63) is 0 Å². The molecule has 1 N–H and O–H groups in total. The molecule has 1 spiro atoms. The van der Waals surface area contributed by atoms with Crippen molar-refractivity contribution in [3.63, 3.8) is 0 Å². The molecule has 1 aliphatic carbocycles. The Hall–Kier alpha value is -0.0800. The topological polar surface area (TPSA) is 21.3 Å². The van der Waals surface area contributed by atoms with Gasteiger partial charge in [-0.05, 0) is 38.6 Å². The van der Waals surface area contributed by atoms with E-state index in [0.29, 0.717) is 11.7 Å². The van der Waals surface area contributed by atoms with Crippen LogP contribution in [0.3, 0.4) is 0 Å². The summed E-state index contributed by atoms with van der Waals surface area (Å²) < 4.78 is 6.19. The number of rotatable bonds is 4. The van der Waals surface area contributed by atoms with Crippen LogP contribution in [-0.2, 0) is 4.74 Å². The van der Waals surface area contributed by atoms with Crippen LogP contribution in [0.25, 0.3) is 0 Å². The fourth-order valence-electron chi connectivity index (χ4n) is 2.87. The maximum absolute atomic E-state index is 6.19. The molecule has 1 heterocycles. The van der Waals surface area contributed by atoms with E-state index < -0.39 is 0 Å². The van der Waals surface area contributed by atoms with Gasteiger partial charge >= 0.3 is 0 Å². The number of hydrogen-bond acceptors (Lipinski definition) is 2. The Kier molecular flexibility index (Phi) is 3.45. The fraction of sp³-hybridized carbons (Fsp3) is 1.00. The van der Waals surface area contributed by atoms with Crippen LogP contribution in [0.2, 0.25) is 0 Å². The van der Waals surface area contributed by atoms with Crippen molar-refractivity contribution < 1.29 is 4.74 Å². The molecule has 1 unspecified atom stereocenters. The SMILES string of the molecule is CCCNCC1CCC2(CCCC2)O1. The first-order valence-electron chi connectivity index (χ1n) is 6.23. The van der Waals surface area contributed by atoms with Gasteiger partial charge in [0.15, 0.2) is 0 Å². The van der Waals surface area contributed by atoms with Gasteiger partial charge < -0.3 is 10.1 Å². The molecule has 2 nitrogen and oxygen atoms in total. The van der Waals surface area contributed by atoms with E-state index in [1.807, 2.05) is 0 Å². The first-order valence-corrected chi connectivity index (χ1v) is 6.23. The normalized spacial score (nSPS) is 30.2. The standard InChI is InChI=1S/C12H23NO/c1-2-9-13-10-11-5-8-12(14-11)6-3-4-7-12/h11,13H,2-10H2,1H3. The average molecular weight is 197 g/mol. The summed E-state index contributed by atoms with van der Waals surface area (Å²) in [5.74, 6) is 0. The van der Waals surface area contributed by atoms with E-state index in [2.05, 4.69) is 12.2 Å². The van der Waals surface area contributed by atoms with Crippen LogP contribution < -0.4 is 5.32 Å². The fourth-order valence-corrected chi connectivity index (χ4v) is 2.87. The zero-order valence-electron chi connectivity index (χ0n) is 9.35. The van der Waals surface area contributed by atoms with Gasteiger partial charge in [0.2, 0.25) is 0 Å². The van der Waals surface area contributed by atoms with Gasteiger partial charge in [-0.3, -0.25) is 0 Å². The molecule has 1 saturated carbocycles. The van der Waals surface area contributed by atoms with Gasteiger partial charge in [-0.25, -0.2) is 0 Å². The predicted molar refractivity (Wildman–Crippen MR) is 58.5 cm³/mol. The van der Waals surface area contributed by atoms with Crippen LogP contribution in [0, 0.1) is 0 Å². The molecule has 0 aromatic carbocycles. The largest absolute Gasteiger partial charge is 0.370 e. The quantitative estimate of drug-likeness (QED) is 0.699. The number of hydrogen-bond donors (Lipinski definition) is 1. The summed E-state index contributed by atoms with van der Waals surface area (Å²) in [5, 5.41) is 3.46. The summed E-state index contributed by atoms with van der Waals surface area (Å²) in [4.78, 5) is 0. The van der Waals surface area contributed by atoms with Gasteiger partial charge in [0.05, 0.1) is 11.7 Å². The molecule has 0 bridgehead atoms. The zero-order valence-corrected chi connectivity index (χ0v) is 9.35. The lowest BCUT2D eigenvalue weighted by atomic mass is 9.98. The molecule has 1 atom stereocenters. The van der Waals surface area contributed by atoms with Crippen LogP contribution in [0.5, 0.6) is 0 Å². The van der Waals surface area contributed by atoms with Gasteiger partial charge in [0.25, 0.3) is 0 Å². The van der Waals surface area contributed by atoms with Crippen molar-refractivity contribution in [2.45, 2.75) is 63.6 Å². The van der Waals surface area contributed by atoms with E-state index in [0.717, 1.165) is 13.1 Å². The van der Waals surface area contributed by atoms with Crippen LogP contribution in [0.1, 0.15) is 51.9 Å². The predicted octanol–water partition coefficient (Wildman–Crippen LogP) is 2.48. The lowest BCUT2D eigenvalue weighted by Gasteiger charge is -2.23. The van der Waals surface area contributed by atoms with Crippen LogP contribution >= 0.6 is 0 Å². The maximum Gasteiger partial charge on any atom is 0.0708 e. The second kappa shape index (κ2) is 4.63. The summed E-state index contributed by atoms with van der Waals surface area (Å²) in [7, 11) is 0. The van der Waals surface area contributed by atoms with Crippen molar-refractivity contribution in [3.8, 4) is 0 Å². The molecule has 0 amide bonds. The Morgan fingerprint density at radius 2 is 2.07 bits per heavy atom. The molecule has 0 aromatic rings. The van der Waals surface area contributed by atoms with E-state index in [1.54, 1.807) is 0 Å². The van der Waals surface area contributed by atoms with Crippen molar-refractivity contribution >= 4 is 0 Å². The molecule has 82 valence electrons. The lowest BCUT2D eigenvalue weighted by molar-refractivity contribution is -0.0350. The molecule has 14 heavy (non-hydrogen) atoms. The summed E-state index contributed by atoms with van der Waals surface area (Å²) in [6.45, 7) is 4.41. The first-order chi connectivity index (χ1) is 6.85. The van der Waals surface area contributed by atoms with Crippen molar-refractivity contribution in [1.29, 1.82) is 0 Å². The minimum atomic E-state index is 0.318. The van der Waals surface area contributed by atoms with Gasteiger partial charge in [-0.2, -0.15) is 0 Å². The van der Waals surface area contributed by atoms with Crippen molar-refractivity contribution in [2.24, 2.45) is 0 Å². The molecule has 1 saturated heterocycles. The van der Waals surface area contributed by atoms with Gasteiger partial charge in [-0.1, -0.05) is 19.8 Å². The summed E-state index contributed by atoms with van der Waals surface area (Å²) >= 11 is 0. The van der Waals surface area contributed by atoms with E-state index in [9.17, 15) is 0 Å². The van der Waals surface area contributed by atoms with Gasteiger partial charge in [0.1, 0.15) is 0 Å². The molecule has 2 fully saturated rings. The highest BCUT2D eigenvalue weighted by Crippen LogP contribution is 2.42. The molecule has 2 heteroatoms. The third-order valence-electron chi connectivity index (χ3n) is 3.65. The van der Waals surface area contributed by atoms with E-state index in [4.69, 9.17) is 4.74 Å². The highest BCUT2D eigenvalue weighted by molar-refractivity contribution is 4.93. The van der Waals surface area contributed by atoms with Gasteiger partial charge in [0, 0.05) is 6.54 Å². The molecule has 1 aliphatic heterocycles. The Morgan fingerprint density at radius 3 is 2.79 bits per heavy atom. The third kappa shape index (κ3) is 2.29. The molecule has 0 aromatic heterocycles. The molecule has 2 rings (SSSR count). The minimum absolute atomic E-state index is 0.318. The maximum atomic E-state index is 6.19. The van der Waals surface area contributed by atoms with Crippen molar-refractivity contribution in [1.82, 2.24) is 5.32 Å². The van der Waals surface area contributed by atoms with Crippen LogP contribution in [0.15, 0.2) is 0 Å². The molecule has 2 aliphatic rings. The minimum Gasteiger partial charge on any atom is -0.370 e. The summed E-state index contributed by atoms with van der Waals surface area (Å²) in [5.41, 5.74) is 0.318. The Morgan fingerprint density at radius 1 is 1.29 bits per heavy atom. The Bertz CT molecular complexity index is 175. The molecular formula is C12H23NO. The third-order valence-corrected chi connectivity index (χ3v) is 3.65.